The van der Waals surface area contributed by atoms with Gasteiger partial charge < -0.3 is 15.1 Å². The lowest BCUT2D eigenvalue weighted by Gasteiger charge is -2.22. The van der Waals surface area contributed by atoms with E-state index in [9.17, 15) is 9.59 Å². The van der Waals surface area contributed by atoms with Gasteiger partial charge in [0.15, 0.2) is 11.0 Å². The van der Waals surface area contributed by atoms with Gasteiger partial charge in [0, 0.05) is 19.0 Å². The Kier molecular flexibility index (Phi) is 3.14. The molecule has 0 aliphatic carbocycles. The minimum atomic E-state index is -0.312. The molecule has 0 spiro atoms. The summed E-state index contributed by atoms with van der Waals surface area (Å²) < 4.78 is 4.97. The Bertz CT molecular complexity index is 406. The van der Waals surface area contributed by atoms with Gasteiger partial charge in [0.2, 0.25) is 5.91 Å². The van der Waals surface area contributed by atoms with Gasteiger partial charge in [-0.25, -0.2) is 0 Å². The average molecular weight is 243 g/mol. The molecule has 1 saturated heterocycles. The van der Waals surface area contributed by atoms with E-state index in [0.29, 0.717) is 19.4 Å². The van der Waals surface area contributed by atoms with Crippen molar-refractivity contribution in [2.75, 3.05) is 6.54 Å². The third kappa shape index (κ3) is 2.55. The standard InChI is InChI=1S/C10H11ClN2O3/c11-8-3-2-7(16-8)10(15)13-6-1-4-9(14)12-5-6/h2-3,6H,1,4-5H2,(H,12,14)(H,13,15). The van der Waals surface area contributed by atoms with E-state index in [1.165, 1.54) is 12.1 Å². The molecule has 1 aliphatic heterocycles. The van der Waals surface area contributed by atoms with Crippen LogP contribution in [-0.2, 0) is 4.79 Å². The van der Waals surface area contributed by atoms with Crippen LogP contribution in [0.3, 0.4) is 0 Å². The van der Waals surface area contributed by atoms with Crippen molar-refractivity contribution in [2.45, 2.75) is 18.9 Å². The summed E-state index contributed by atoms with van der Waals surface area (Å²) in [6.45, 7) is 0.457. The second-order valence-corrected chi connectivity index (χ2v) is 3.99. The van der Waals surface area contributed by atoms with Crippen molar-refractivity contribution in [3.05, 3.63) is 23.1 Å². The van der Waals surface area contributed by atoms with Crippen LogP contribution in [0, 0.1) is 0 Å². The quantitative estimate of drug-likeness (QED) is 0.811. The van der Waals surface area contributed by atoms with Gasteiger partial charge in [0.25, 0.3) is 5.91 Å². The first-order valence-electron chi connectivity index (χ1n) is 4.98. The summed E-state index contributed by atoms with van der Waals surface area (Å²) in [7, 11) is 0. The lowest BCUT2D eigenvalue weighted by Crippen LogP contribution is -2.47. The lowest BCUT2D eigenvalue weighted by molar-refractivity contribution is -0.122. The number of hydrogen-bond donors (Lipinski definition) is 2. The maximum Gasteiger partial charge on any atom is 0.287 e. The summed E-state index contributed by atoms with van der Waals surface area (Å²) in [5.74, 6) is -0.110. The van der Waals surface area contributed by atoms with E-state index in [0.717, 1.165) is 0 Å². The van der Waals surface area contributed by atoms with E-state index in [1.807, 2.05) is 0 Å². The molecule has 5 nitrogen and oxygen atoms in total. The molecule has 1 atom stereocenters. The van der Waals surface area contributed by atoms with Crippen molar-refractivity contribution in [2.24, 2.45) is 0 Å². The zero-order valence-electron chi connectivity index (χ0n) is 8.46. The van der Waals surface area contributed by atoms with Crippen molar-refractivity contribution >= 4 is 23.4 Å². The highest BCUT2D eigenvalue weighted by molar-refractivity contribution is 6.29. The third-order valence-electron chi connectivity index (χ3n) is 2.40. The molecule has 0 bridgehead atoms. The highest BCUT2D eigenvalue weighted by atomic mass is 35.5. The maximum absolute atomic E-state index is 11.6. The van der Waals surface area contributed by atoms with Gasteiger partial charge in [0.1, 0.15) is 0 Å². The summed E-state index contributed by atoms with van der Waals surface area (Å²) in [4.78, 5) is 22.5. The van der Waals surface area contributed by atoms with Crippen LogP contribution in [0.4, 0.5) is 0 Å². The van der Waals surface area contributed by atoms with E-state index in [2.05, 4.69) is 10.6 Å². The van der Waals surface area contributed by atoms with Crippen molar-refractivity contribution in [3.8, 4) is 0 Å². The molecule has 1 fully saturated rings. The van der Waals surface area contributed by atoms with Crippen LogP contribution in [0.25, 0.3) is 0 Å². The van der Waals surface area contributed by atoms with Crippen LogP contribution in [0.15, 0.2) is 16.5 Å². The number of halogens is 1. The van der Waals surface area contributed by atoms with E-state index >= 15 is 0 Å². The number of furan rings is 1. The maximum atomic E-state index is 11.6. The predicted molar refractivity (Wildman–Crippen MR) is 57.2 cm³/mol. The van der Waals surface area contributed by atoms with Crippen molar-refractivity contribution in [1.29, 1.82) is 0 Å². The molecule has 6 heteroatoms. The average Bonchev–Trinajstić information content (AvgIpc) is 2.68. The Morgan fingerprint density at radius 3 is 2.94 bits per heavy atom. The molecule has 0 aromatic carbocycles. The Balaban J connectivity index is 1.90. The fourth-order valence-electron chi connectivity index (χ4n) is 1.55. The molecule has 0 saturated carbocycles. The summed E-state index contributed by atoms with van der Waals surface area (Å²) in [6.07, 6.45) is 1.08. The first-order chi connectivity index (χ1) is 7.65. The number of carbonyl (C=O) groups excluding carboxylic acids is 2. The fourth-order valence-corrected chi connectivity index (χ4v) is 1.69. The van der Waals surface area contributed by atoms with Gasteiger partial charge in [-0.05, 0) is 30.2 Å². The Labute approximate surface area is 97.1 Å². The third-order valence-corrected chi connectivity index (χ3v) is 2.60. The number of piperidine rings is 1. The molecule has 1 aliphatic rings. The number of nitrogens with one attached hydrogen (secondary N) is 2. The van der Waals surface area contributed by atoms with Crippen molar-refractivity contribution < 1.29 is 14.0 Å². The number of rotatable bonds is 2. The van der Waals surface area contributed by atoms with Gasteiger partial charge in [-0.3, -0.25) is 9.59 Å². The van der Waals surface area contributed by atoms with Crippen LogP contribution in [0.1, 0.15) is 23.4 Å². The highest BCUT2D eigenvalue weighted by Gasteiger charge is 2.21. The monoisotopic (exact) mass is 242 g/mol. The molecular weight excluding hydrogens is 232 g/mol. The van der Waals surface area contributed by atoms with Crippen LogP contribution in [0.2, 0.25) is 5.22 Å². The molecule has 1 aromatic rings. The van der Waals surface area contributed by atoms with Crippen LogP contribution < -0.4 is 10.6 Å². The first-order valence-corrected chi connectivity index (χ1v) is 5.36. The molecule has 2 rings (SSSR count). The van der Waals surface area contributed by atoms with Gasteiger partial charge in [-0.15, -0.1) is 0 Å². The van der Waals surface area contributed by atoms with E-state index < -0.39 is 0 Å². The predicted octanol–water partition coefficient (Wildman–Crippen LogP) is 0.941. The number of hydrogen-bond acceptors (Lipinski definition) is 3. The normalized spacial score (nSPS) is 20.3. The Morgan fingerprint density at radius 2 is 2.38 bits per heavy atom. The summed E-state index contributed by atoms with van der Waals surface area (Å²) in [6, 6.07) is 2.98. The highest BCUT2D eigenvalue weighted by Crippen LogP contribution is 2.13. The largest absolute Gasteiger partial charge is 0.440 e. The van der Waals surface area contributed by atoms with E-state index in [-0.39, 0.29) is 28.8 Å². The molecule has 86 valence electrons. The lowest BCUT2D eigenvalue weighted by atomic mass is 10.1. The van der Waals surface area contributed by atoms with Crippen molar-refractivity contribution in [1.82, 2.24) is 10.6 Å². The molecule has 0 radical (unpaired) electrons. The summed E-state index contributed by atoms with van der Waals surface area (Å²) in [5, 5.41) is 5.63. The number of amides is 2. The molecule has 1 aromatic heterocycles. The molecular formula is C10H11ClN2O3. The topological polar surface area (TPSA) is 71.3 Å². The Hall–Kier alpha value is -1.49. The van der Waals surface area contributed by atoms with E-state index in [1.54, 1.807) is 0 Å². The molecule has 16 heavy (non-hydrogen) atoms. The minimum Gasteiger partial charge on any atom is -0.440 e. The zero-order chi connectivity index (χ0) is 11.5. The minimum absolute atomic E-state index is 0.0199. The van der Waals surface area contributed by atoms with Gasteiger partial charge in [-0.1, -0.05) is 0 Å². The molecule has 2 N–H and O–H groups in total. The van der Waals surface area contributed by atoms with Crippen LogP contribution in [-0.4, -0.2) is 24.4 Å². The second-order valence-electron chi connectivity index (χ2n) is 3.62. The second kappa shape index (κ2) is 4.57. The molecule has 1 unspecified atom stereocenters. The summed E-state index contributed by atoms with van der Waals surface area (Å²) in [5.41, 5.74) is 0. The zero-order valence-corrected chi connectivity index (χ0v) is 9.21. The van der Waals surface area contributed by atoms with Crippen LogP contribution >= 0.6 is 11.6 Å². The van der Waals surface area contributed by atoms with Gasteiger partial charge >= 0.3 is 0 Å². The fraction of sp³-hybridized carbons (Fsp3) is 0.400. The van der Waals surface area contributed by atoms with Gasteiger partial charge in [-0.2, -0.15) is 0 Å². The first kappa shape index (κ1) is 11.0. The van der Waals surface area contributed by atoms with Crippen molar-refractivity contribution in [3.63, 3.8) is 0 Å². The Morgan fingerprint density at radius 1 is 1.56 bits per heavy atom. The van der Waals surface area contributed by atoms with E-state index in [4.69, 9.17) is 16.0 Å². The smallest absolute Gasteiger partial charge is 0.287 e. The molecule has 2 amide bonds. The summed E-state index contributed by atoms with van der Waals surface area (Å²) >= 11 is 5.56. The number of carbonyl (C=O) groups is 2. The van der Waals surface area contributed by atoms with Gasteiger partial charge in [0.05, 0.1) is 0 Å². The SMILES string of the molecule is O=C1CCC(NC(=O)c2ccc(Cl)o2)CN1. The molecule has 2 heterocycles. The van der Waals surface area contributed by atoms with Crippen LogP contribution in [0.5, 0.6) is 0 Å².